The Bertz CT molecular complexity index is 412. The molecular formula is C10H9N2O. The van der Waals surface area contributed by atoms with Crippen molar-refractivity contribution in [3.05, 3.63) is 37.0 Å². The van der Waals surface area contributed by atoms with E-state index in [9.17, 15) is 4.79 Å². The van der Waals surface area contributed by atoms with Gasteiger partial charge in [0, 0.05) is 6.42 Å². The molecule has 1 aromatic heterocycles. The van der Waals surface area contributed by atoms with Crippen LogP contribution in [0.2, 0.25) is 0 Å². The molecule has 1 N–H and O–H groups in total. The largest absolute Gasteiger partial charge is 0.335 e. The molecule has 0 saturated heterocycles. The molecule has 0 bridgehead atoms. The number of nitrogens with zero attached hydrogens (tertiary/aromatic N) is 1. The Morgan fingerprint density at radius 1 is 1.46 bits per heavy atom. The summed E-state index contributed by atoms with van der Waals surface area (Å²) in [6.45, 7) is 3.52. The molecule has 0 amide bonds. The monoisotopic (exact) mass is 173 g/mol. The Morgan fingerprint density at radius 2 is 2.23 bits per heavy atom. The van der Waals surface area contributed by atoms with Gasteiger partial charge >= 0.3 is 0 Å². The van der Waals surface area contributed by atoms with E-state index in [4.69, 9.17) is 0 Å². The third kappa shape index (κ3) is 1.33. The molecule has 65 valence electrons. The lowest BCUT2D eigenvalue weighted by molar-refractivity contribution is 0.0986. The van der Waals surface area contributed by atoms with E-state index in [1.54, 1.807) is 0 Å². The lowest BCUT2D eigenvalue weighted by atomic mass is 10.3. The van der Waals surface area contributed by atoms with Crippen molar-refractivity contribution < 1.29 is 4.79 Å². The fourth-order valence-electron chi connectivity index (χ4n) is 1.20. The van der Waals surface area contributed by atoms with E-state index in [2.05, 4.69) is 16.9 Å². The fourth-order valence-corrected chi connectivity index (χ4v) is 1.20. The van der Waals surface area contributed by atoms with Gasteiger partial charge in [-0.1, -0.05) is 12.1 Å². The SMILES string of the molecule is [CH2]CC(=O)c1nc2ccccc2[nH]1. The normalized spacial score (nSPS) is 10.5. The van der Waals surface area contributed by atoms with Gasteiger partial charge in [-0.3, -0.25) is 4.79 Å². The molecule has 0 saturated carbocycles. The number of hydrogen-bond donors (Lipinski definition) is 1. The van der Waals surface area contributed by atoms with Crippen molar-refractivity contribution >= 4 is 16.8 Å². The van der Waals surface area contributed by atoms with Crippen LogP contribution in [0.15, 0.2) is 24.3 Å². The summed E-state index contributed by atoms with van der Waals surface area (Å²) in [6, 6.07) is 7.55. The number of fused-ring (bicyclic) bond motifs is 1. The zero-order chi connectivity index (χ0) is 9.26. The molecule has 1 radical (unpaired) electrons. The highest BCUT2D eigenvalue weighted by atomic mass is 16.1. The molecule has 2 rings (SSSR count). The van der Waals surface area contributed by atoms with E-state index in [1.165, 1.54) is 0 Å². The summed E-state index contributed by atoms with van der Waals surface area (Å²) in [4.78, 5) is 18.3. The minimum Gasteiger partial charge on any atom is -0.335 e. The number of benzene rings is 1. The predicted octanol–water partition coefficient (Wildman–Crippen LogP) is 1.97. The van der Waals surface area contributed by atoms with Gasteiger partial charge in [0.15, 0.2) is 11.6 Å². The van der Waals surface area contributed by atoms with Crippen LogP contribution in [-0.4, -0.2) is 15.8 Å². The van der Waals surface area contributed by atoms with Crippen LogP contribution in [0.1, 0.15) is 17.0 Å². The van der Waals surface area contributed by atoms with Crippen LogP contribution in [0.25, 0.3) is 11.0 Å². The van der Waals surface area contributed by atoms with Crippen LogP contribution in [0, 0.1) is 6.92 Å². The summed E-state index contributed by atoms with van der Waals surface area (Å²) in [5.74, 6) is 0.340. The number of aromatic amines is 1. The molecule has 13 heavy (non-hydrogen) atoms. The van der Waals surface area contributed by atoms with Gasteiger partial charge in [-0.15, -0.1) is 0 Å². The second-order valence-electron chi connectivity index (χ2n) is 2.78. The lowest BCUT2D eigenvalue weighted by Crippen LogP contribution is -1.98. The molecule has 0 aliphatic rings. The number of imidazole rings is 1. The van der Waals surface area contributed by atoms with Gasteiger partial charge in [0.2, 0.25) is 0 Å². The Balaban J connectivity index is 2.56. The minimum absolute atomic E-state index is 0.0591. The van der Waals surface area contributed by atoms with Crippen molar-refractivity contribution in [2.24, 2.45) is 0 Å². The van der Waals surface area contributed by atoms with Crippen LogP contribution in [0.3, 0.4) is 0 Å². The Labute approximate surface area is 75.8 Å². The first kappa shape index (κ1) is 7.98. The van der Waals surface area contributed by atoms with Gasteiger partial charge in [-0.2, -0.15) is 0 Å². The molecule has 1 heterocycles. The van der Waals surface area contributed by atoms with Gasteiger partial charge in [0.05, 0.1) is 11.0 Å². The number of rotatable bonds is 2. The van der Waals surface area contributed by atoms with Crippen molar-refractivity contribution in [2.75, 3.05) is 0 Å². The van der Waals surface area contributed by atoms with Crippen molar-refractivity contribution in [3.63, 3.8) is 0 Å². The number of carbonyl (C=O) groups excluding carboxylic acids is 1. The molecule has 3 heteroatoms. The van der Waals surface area contributed by atoms with Crippen LogP contribution in [0.5, 0.6) is 0 Å². The Hall–Kier alpha value is -1.64. The van der Waals surface area contributed by atoms with Gasteiger partial charge in [0.1, 0.15) is 0 Å². The minimum atomic E-state index is -0.0591. The maximum Gasteiger partial charge on any atom is 0.198 e. The number of H-pyrrole nitrogens is 1. The second-order valence-corrected chi connectivity index (χ2v) is 2.78. The zero-order valence-corrected chi connectivity index (χ0v) is 7.08. The number of carbonyl (C=O) groups is 1. The predicted molar refractivity (Wildman–Crippen MR) is 50.4 cm³/mol. The van der Waals surface area contributed by atoms with Crippen molar-refractivity contribution in [1.29, 1.82) is 0 Å². The van der Waals surface area contributed by atoms with E-state index in [-0.39, 0.29) is 12.2 Å². The number of nitrogens with one attached hydrogen (secondary N) is 1. The van der Waals surface area contributed by atoms with Crippen molar-refractivity contribution in [3.8, 4) is 0 Å². The van der Waals surface area contributed by atoms with Gasteiger partial charge < -0.3 is 4.98 Å². The highest BCUT2D eigenvalue weighted by molar-refractivity contribution is 5.95. The first-order valence-corrected chi connectivity index (χ1v) is 4.08. The summed E-state index contributed by atoms with van der Waals surface area (Å²) in [5, 5.41) is 0. The standard InChI is InChI=1S/C10H9N2O/c1-2-9(13)10-11-7-5-3-4-6-8(7)12-10/h3-6H,1-2H2,(H,11,12). The van der Waals surface area contributed by atoms with E-state index < -0.39 is 0 Å². The van der Waals surface area contributed by atoms with E-state index >= 15 is 0 Å². The number of aromatic nitrogens is 2. The van der Waals surface area contributed by atoms with Crippen LogP contribution in [0.4, 0.5) is 0 Å². The molecule has 0 aliphatic heterocycles. The van der Waals surface area contributed by atoms with Crippen LogP contribution < -0.4 is 0 Å². The average Bonchev–Trinajstić information content (AvgIpc) is 2.59. The lowest BCUT2D eigenvalue weighted by Gasteiger charge is -1.86. The molecule has 3 nitrogen and oxygen atoms in total. The average molecular weight is 173 g/mol. The molecular weight excluding hydrogens is 164 g/mol. The fraction of sp³-hybridized carbons (Fsp3) is 0.100. The highest BCUT2D eigenvalue weighted by Gasteiger charge is 2.07. The van der Waals surface area contributed by atoms with Gasteiger partial charge in [-0.05, 0) is 19.1 Å². The molecule has 0 atom stereocenters. The molecule has 0 fully saturated rings. The molecule has 0 aliphatic carbocycles. The highest BCUT2D eigenvalue weighted by Crippen LogP contribution is 2.10. The number of hydrogen-bond acceptors (Lipinski definition) is 2. The summed E-state index contributed by atoms with van der Waals surface area (Å²) in [7, 11) is 0. The summed E-state index contributed by atoms with van der Waals surface area (Å²) in [6.07, 6.45) is 0.236. The Kier molecular flexibility index (Phi) is 1.85. The molecule has 0 spiro atoms. The maximum absolute atomic E-state index is 11.2. The smallest absolute Gasteiger partial charge is 0.198 e. The maximum atomic E-state index is 11.2. The van der Waals surface area contributed by atoms with Gasteiger partial charge in [-0.25, -0.2) is 4.98 Å². The topological polar surface area (TPSA) is 45.8 Å². The summed E-state index contributed by atoms with van der Waals surface area (Å²) < 4.78 is 0. The quantitative estimate of drug-likeness (QED) is 0.705. The third-order valence-corrected chi connectivity index (χ3v) is 1.88. The van der Waals surface area contributed by atoms with E-state index in [0.717, 1.165) is 11.0 Å². The number of Topliss-reactive ketones (excluding diaryl/α,β-unsaturated/α-hetero) is 1. The van der Waals surface area contributed by atoms with Crippen molar-refractivity contribution in [2.45, 2.75) is 6.42 Å². The Morgan fingerprint density at radius 3 is 2.92 bits per heavy atom. The number of para-hydroxylation sites is 2. The number of ketones is 1. The van der Waals surface area contributed by atoms with Crippen LogP contribution in [-0.2, 0) is 0 Å². The summed E-state index contributed by atoms with van der Waals surface area (Å²) >= 11 is 0. The summed E-state index contributed by atoms with van der Waals surface area (Å²) in [5.41, 5.74) is 1.71. The third-order valence-electron chi connectivity index (χ3n) is 1.88. The van der Waals surface area contributed by atoms with E-state index in [1.807, 2.05) is 24.3 Å². The van der Waals surface area contributed by atoms with E-state index in [0.29, 0.717) is 5.82 Å². The van der Waals surface area contributed by atoms with Crippen molar-refractivity contribution in [1.82, 2.24) is 9.97 Å². The molecule has 2 aromatic rings. The molecule has 1 aromatic carbocycles. The molecule has 0 unspecified atom stereocenters. The second kappa shape index (κ2) is 3.01. The first-order chi connectivity index (χ1) is 6.31. The zero-order valence-electron chi connectivity index (χ0n) is 7.08. The van der Waals surface area contributed by atoms with Gasteiger partial charge in [0.25, 0.3) is 0 Å². The first-order valence-electron chi connectivity index (χ1n) is 4.08. The van der Waals surface area contributed by atoms with Crippen LogP contribution >= 0.6 is 0 Å².